The molecule has 3 aromatic rings. The molecule has 0 spiro atoms. The molecule has 5 rings (SSSR count). The average Bonchev–Trinajstić information content (AvgIpc) is 3.32. The lowest BCUT2D eigenvalue weighted by molar-refractivity contribution is -0.152. The van der Waals surface area contributed by atoms with E-state index < -0.39 is 23.8 Å². The largest absolute Gasteiger partial charge is 0.508 e. The van der Waals surface area contributed by atoms with Crippen molar-refractivity contribution in [2.45, 2.75) is 19.1 Å². The first-order valence-electron chi connectivity index (χ1n) is 10.9. The number of imide groups is 1. The monoisotopic (exact) mass is 444 g/mol. The van der Waals surface area contributed by atoms with Gasteiger partial charge in [0.05, 0.1) is 25.5 Å². The van der Waals surface area contributed by atoms with Crippen molar-refractivity contribution in [2.75, 3.05) is 13.7 Å². The quantitative estimate of drug-likeness (QED) is 0.481. The van der Waals surface area contributed by atoms with Crippen molar-refractivity contribution in [2.24, 2.45) is 11.8 Å². The number of hydrogen-bond acceptors (Lipinski definition) is 6. The molecular weight excluding hydrogens is 420 g/mol. The number of rotatable bonds is 5. The van der Waals surface area contributed by atoms with Crippen LogP contribution in [0.3, 0.4) is 0 Å². The second-order valence-corrected chi connectivity index (χ2v) is 8.56. The van der Waals surface area contributed by atoms with Gasteiger partial charge < -0.3 is 9.84 Å². The lowest BCUT2D eigenvalue weighted by Gasteiger charge is -2.27. The van der Waals surface area contributed by atoms with Crippen LogP contribution in [-0.4, -0.2) is 52.4 Å². The highest BCUT2D eigenvalue weighted by molar-refractivity contribution is 6.08. The number of hydrogen-bond donors (Lipinski definition) is 1. The van der Waals surface area contributed by atoms with E-state index in [-0.39, 0.29) is 37.2 Å². The first-order valence-corrected chi connectivity index (χ1v) is 10.9. The van der Waals surface area contributed by atoms with E-state index in [1.165, 1.54) is 12.0 Å². The molecular formula is C26H24N2O5. The number of phenolic OH excluding ortho intramolecular Hbond substituents is 1. The van der Waals surface area contributed by atoms with Crippen molar-refractivity contribution in [3.63, 3.8) is 0 Å². The van der Waals surface area contributed by atoms with Crippen molar-refractivity contribution in [1.29, 1.82) is 0 Å². The van der Waals surface area contributed by atoms with Gasteiger partial charge in [-0.3, -0.25) is 24.2 Å². The molecule has 0 saturated carbocycles. The molecule has 3 atom stereocenters. The number of carbonyl (C=O) groups is 3. The molecule has 0 aromatic heterocycles. The second kappa shape index (κ2) is 8.33. The van der Waals surface area contributed by atoms with E-state index in [1.807, 2.05) is 60.7 Å². The Kier molecular flexibility index (Phi) is 5.34. The first-order chi connectivity index (χ1) is 16.0. The molecule has 1 N–H and O–H groups in total. The standard InChI is InChI=1S/C26H24N2O5/c1-33-26(32)23-22-20(24(30)28(25(22)31)13-16-7-3-2-4-8-16)15-27(23)14-19-18-10-6-5-9-17(18)11-12-21(19)29/h2-12,20,22-23,29H,13-15H2,1H3/t20-,22-,23+/m1/s1. The summed E-state index contributed by atoms with van der Waals surface area (Å²) in [5.41, 5.74) is 1.51. The SMILES string of the molecule is COC(=O)[C@@H]1[C@@H]2C(=O)N(Cc3ccccc3)C(=O)[C@@H]2CN1Cc1c(O)ccc2ccccc12. The molecule has 0 radical (unpaired) electrons. The number of likely N-dealkylation sites (tertiary alicyclic amines) is 2. The maximum absolute atomic E-state index is 13.3. The zero-order valence-corrected chi connectivity index (χ0v) is 18.2. The zero-order chi connectivity index (χ0) is 23.1. The minimum atomic E-state index is -0.893. The summed E-state index contributed by atoms with van der Waals surface area (Å²) >= 11 is 0. The normalized spacial score (nSPS) is 22.7. The third-order valence-electron chi connectivity index (χ3n) is 6.74. The van der Waals surface area contributed by atoms with Gasteiger partial charge in [-0.2, -0.15) is 0 Å². The average molecular weight is 444 g/mol. The van der Waals surface area contributed by atoms with Crippen LogP contribution in [0, 0.1) is 11.8 Å². The summed E-state index contributed by atoms with van der Waals surface area (Å²) in [6.07, 6.45) is 0. The van der Waals surface area contributed by atoms with E-state index in [0.717, 1.165) is 16.3 Å². The van der Waals surface area contributed by atoms with Gasteiger partial charge in [-0.1, -0.05) is 60.7 Å². The van der Waals surface area contributed by atoms with Gasteiger partial charge in [0.15, 0.2) is 0 Å². The minimum absolute atomic E-state index is 0.109. The van der Waals surface area contributed by atoms with Crippen LogP contribution < -0.4 is 0 Å². The molecule has 2 saturated heterocycles. The third kappa shape index (κ3) is 3.54. The van der Waals surface area contributed by atoms with Gasteiger partial charge in [-0.05, 0) is 22.4 Å². The summed E-state index contributed by atoms with van der Waals surface area (Å²) < 4.78 is 5.04. The van der Waals surface area contributed by atoms with Gasteiger partial charge in [-0.25, -0.2) is 0 Å². The van der Waals surface area contributed by atoms with E-state index in [2.05, 4.69) is 0 Å². The molecule has 0 unspecified atom stereocenters. The van der Waals surface area contributed by atoms with E-state index in [0.29, 0.717) is 5.56 Å². The van der Waals surface area contributed by atoms with E-state index in [4.69, 9.17) is 4.74 Å². The number of fused-ring (bicyclic) bond motifs is 2. The Morgan fingerprint density at radius 1 is 0.970 bits per heavy atom. The number of esters is 1. The Hall–Kier alpha value is -3.71. The molecule has 7 heteroatoms. The Morgan fingerprint density at radius 2 is 1.70 bits per heavy atom. The fraction of sp³-hybridized carbons (Fsp3) is 0.269. The van der Waals surface area contributed by atoms with Crippen LogP contribution in [0.1, 0.15) is 11.1 Å². The van der Waals surface area contributed by atoms with E-state index in [9.17, 15) is 19.5 Å². The molecule has 2 aliphatic rings. The number of amides is 2. The molecule has 0 aliphatic carbocycles. The van der Waals surface area contributed by atoms with E-state index in [1.54, 1.807) is 11.0 Å². The number of benzene rings is 3. The molecule has 168 valence electrons. The number of carbonyl (C=O) groups excluding carboxylic acids is 3. The first kappa shape index (κ1) is 21.2. The highest BCUT2D eigenvalue weighted by atomic mass is 16.5. The van der Waals surface area contributed by atoms with E-state index >= 15 is 0 Å². The summed E-state index contributed by atoms with van der Waals surface area (Å²) in [5, 5.41) is 12.4. The van der Waals surface area contributed by atoms with Gasteiger partial charge in [0.2, 0.25) is 11.8 Å². The summed E-state index contributed by atoms with van der Waals surface area (Å²) in [4.78, 5) is 42.4. The van der Waals surface area contributed by atoms with Gasteiger partial charge >= 0.3 is 5.97 Å². The Labute approximate surface area is 191 Å². The summed E-state index contributed by atoms with van der Waals surface area (Å²) in [6.45, 7) is 0.645. The lowest BCUT2D eigenvalue weighted by atomic mass is 9.93. The third-order valence-corrected chi connectivity index (χ3v) is 6.74. The van der Waals surface area contributed by atoms with Crippen molar-refractivity contribution in [3.8, 4) is 5.75 Å². The van der Waals surface area contributed by atoms with Crippen LogP contribution >= 0.6 is 0 Å². The predicted molar refractivity (Wildman–Crippen MR) is 121 cm³/mol. The van der Waals surface area contributed by atoms with Gasteiger partial charge in [0.25, 0.3) is 0 Å². The predicted octanol–water partition coefficient (Wildman–Crippen LogP) is 2.70. The van der Waals surface area contributed by atoms with Gasteiger partial charge in [0.1, 0.15) is 11.8 Å². The Bertz CT molecular complexity index is 1240. The summed E-state index contributed by atoms with van der Waals surface area (Å²) in [6, 6.07) is 19.5. The number of ether oxygens (including phenoxy) is 1. The van der Waals surface area contributed by atoms with Crippen LogP contribution in [0.4, 0.5) is 0 Å². The number of phenols is 1. The maximum atomic E-state index is 13.3. The van der Waals surface area contributed by atoms with Gasteiger partial charge in [-0.15, -0.1) is 0 Å². The van der Waals surface area contributed by atoms with Crippen molar-refractivity contribution in [3.05, 3.63) is 77.9 Å². The minimum Gasteiger partial charge on any atom is -0.508 e. The van der Waals surface area contributed by atoms with Crippen molar-refractivity contribution >= 4 is 28.6 Å². The van der Waals surface area contributed by atoms with Crippen molar-refractivity contribution in [1.82, 2.24) is 9.80 Å². The molecule has 2 heterocycles. The molecule has 7 nitrogen and oxygen atoms in total. The van der Waals surface area contributed by atoms with Gasteiger partial charge in [0, 0.05) is 18.7 Å². The molecule has 3 aromatic carbocycles. The summed E-state index contributed by atoms with van der Waals surface area (Å²) in [5.74, 6) is -2.49. The topological polar surface area (TPSA) is 87.2 Å². The Balaban J connectivity index is 1.47. The molecule has 2 aliphatic heterocycles. The maximum Gasteiger partial charge on any atom is 0.323 e. The molecule has 2 fully saturated rings. The molecule has 2 amide bonds. The van der Waals surface area contributed by atoms with Crippen LogP contribution in [-0.2, 0) is 32.2 Å². The molecule has 33 heavy (non-hydrogen) atoms. The summed E-state index contributed by atoms with van der Waals surface area (Å²) in [7, 11) is 1.28. The number of methoxy groups -OCH3 is 1. The second-order valence-electron chi connectivity index (χ2n) is 8.56. The number of aromatic hydroxyl groups is 1. The fourth-order valence-corrected chi connectivity index (χ4v) is 5.15. The van der Waals surface area contributed by atoms with Crippen LogP contribution in [0.15, 0.2) is 66.7 Å². The number of nitrogens with zero attached hydrogens (tertiary/aromatic N) is 2. The zero-order valence-electron chi connectivity index (χ0n) is 18.2. The fourth-order valence-electron chi connectivity index (χ4n) is 5.15. The van der Waals surface area contributed by atoms with Crippen LogP contribution in [0.5, 0.6) is 5.75 Å². The lowest BCUT2D eigenvalue weighted by Crippen LogP contribution is -2.45. The highest BCUT2D eigenvalue weighted by Crippen LogP contribution is 2.41. The van der Waals surface area contributed by atoms with Crippen LogP contribution in [0.2, 0.25) is 0 Å². The highest BCUT2D eigenvalue weighted by Gasteiger charge is 2.59. The molecule has 0 bridgehead atoms. The smallest absolute Gasteiger partial charge is 0.323 e. The Morgan fingerprint density at radius 3 is 2.45 bits per heavy atom. The van der Waals surface area contributed by atoms with Crippen LogP contribution in [0.25, 0.3) is 10.8 Å². The van der Waals surface area contributed by atoms with Crippen molar-refractivity contribution < 1.29 is 24.2 Å².